The number of para-hydroxylation sites is 2. The van der Waals surface area contributed by atoms with E-state index in [1.54, 1.807) is 23.1 Å². The zero-order chi connectivity index (χ0) is 18.3. The third-order valence-electron chi connectivity index (χ3n) is 4.08. The van der Waals surface area contributed by atoms with Crippen molar-refractivity contribution in [2.45, 2.75) is 33.3 Å². The molecule has 0 bridgehead atoms. The molecule has 3 heterocycles. The Labute approximate surface area is 178 Å². The number of carbonyl (C=O) groups excluding carboxylic acids is 1. The van der Waals surface area contributed by atoms with E-state index in [2.05, 4.69) is 57.7 Å². The third-order valence-corrected chi connectivity index (χ3v) is 7.81. The number of hydrogen-bond donors (Lipinski definition) is 1. The van der Waals surface area contributed by atoms with Gasteiger partial charge in [0.05, 0.1) is 25.3 Å². The summed E-state index contributed by atoms with van der Waals surface area (Å²) in [7, 11) is 0. The van der Waals surface area contributed by atoms with E-state index < -0.39 is 0 Å². The molecule has 4 rings (SSSR count). The molecule has 2 unspecified atom stereocenters. The number of nitrogens with zero attached hydrogens (tertiary/aromatic N) is 2. The molecule has 134 valence electrons. The number of alkyl halides is 1. The molecular formula is C18H16IN3OS3. The van der Waals surface area contributed by atoms with Gasteiger partial charge in [0.25, 0.3) is 5.24 Å². The van der Waals surface area contributed by atoms with Crippen molar-refractivity contribution < 1.29 is 4.79 Å². The standard InChI is InChI=1S/C18H16IN3OS3/c1-10-15(25-18(23)22(10)11(2)19)9-12-7-8-16(24-12)26-17-20-13-5-3-4-6-14(13)21-17/h3-11H,1-2H3,(H,20,21)/b15-9-. The zero-order valence-corrected chi connectivity index (χ0v) is 18.7. The normalized spacial score (nSPS) is 20.4. The molecule has 1 aliphatic heterocycles. The highest BCUT2D eigenvalue weighted by Gasteiger charge is 2.35. The topological polar surface area (TPSA) is 49.0 Å². The molecule has 1 aromatic carbocycles. The average Bonchev–Trinajstić information content (AvgIpc) is 3.26. The lowest BCUT2D eigenvalue weighted by Gasteiger charge is -2.23. The van der Waals surface area contributed by atoms with E-state index in [0.717, 1.165) is 26.0 Å². The minimum atomic E-state index is 0.132. The molecule has 0 radical (unpaired) electrons. The lowest BCUT2D eigenvalue weighted by Crippen LogP contribution is -2.34. The largest absolute Gasteiger partial charge is 0.333 e. The van der Waals surface area contributed by atoms with E-state index in [-0.39, 0.29) is 15.3 Å². The molecule has 0 spiro atoms. The highest BCUT2D eigenvalue weighted by Crippen LogP contribution is 2.40. The van der Waals surface area contributed by atoms with E-state index in [4.69, 9.17) is 0 Å². The van der Waals surface area contributed by atoms with Gasteiger partial charge < -0.3 is 9.88 Å². The van der Waals surface area contributed by atoms with Crippen LogP contribution in [0, 0.1) is 0 Å². The molecule has 1 fully saturated rings. The van der Waals surface area contributed by atoms with Crippen molar-refractivity contribution in [1.29, 1.82) is 0 Å². The number of halogens is 1. The van der Waals surface area contributed by atoms with Gasteiger partial charge in [0, 0.05) is 9.78 Å². The monoisotopic (exact) mass is 513 g/mol. The van der Waals surface area contributed by atoms with Crippen LogP contribution in [0.1, 0.15) is 18.7 Å². The number of thiophene rings is 1. The molecule has 8 heteroatoms. The molecule has 26 heavy (non-hydrogen) atoms. The van der Waals surface area contributed by atoms with Crippen molar-refractivity contribution >= 4 is 79.8 Å². The van der Waals surface area contributed by atoms with Crippen molar-refractivity contribution in [2.24, 2.45) is 0 Å². The molecule has 2 atom stereocenters. The fourth-order valence-corrected chi connectivity index (χ4v) is 6.92. The molecule has 1 N–H and O–H groups in total. The second kappa shape index (κ2) is 7.57. The molecule has 0 saturated carbocycles. The maximum atomic E-state index is 12.2. The van der Waals surface area contributed by atoms with E-state index in [9.17, 15) is 4.79 Å². The molecular weight excluding hydrogens is 497 g/mol. The van der Waals surface area contributed by atoms with Crippen LogP contribution in [0.5, 0.6) is 0 Å². The summed E-state index contributed by atoms with van der Waals surface area (Å²) in [5.41, 5.74) is 2.04. The third kappa shape index (κ3) is 3.69. The van der Waals surface area contributed by atoms with Crippen LogP contribution < -0.4 is 0 Å². The number of nitrogens with one attached hydrogen (secondary N) is 1. The first-order chi connectivity index (χ1) is 12.5. The van der Waals surface area contributed by atoms with Crippen molar-refractivity contribution in [1.82, 2.24) is 14.9 Å². The first-order valence-corrected chi connectivity index (χ1v) is 11.8. The number of carbonyl (C=O) groups is 1. The maximum Gasteiger partial charge on any atom is 0.287 e. The number of hydrogen-bond acceptors (Lipinski definition) is 5. The van der Waals surface area contributed by atoms with Crippen molar-refractivity contribution in [3.8, 4) is 0 Å². The maximum absolute atomic E-state index is 12.2. The molecule has 3 aromatic rings. The van der Waals surface area contributed by atoms with Gasteiger partial charge in [-0.3, -0.25) is 4.79 Å². The second-order valence-electron chi connectivity index (χ2n) is 5.89. The van der Waals surface area contributed by atoms with Gasteiger partial charge in [-0.15, -0.1) is 11.3 Å². The first-order valence-electron chi connectivity index (χ1n) is 8.09. The van der Waals surface area contributed by atoms with Gasteiger partial charge in [-0.1, -0.05) is 34.7 Å². The van der Waals surface area contributed by atoms with Crippen LogP contribution >= 0.6 is 57.5 Å². The van der Waals surface area contributed by atoms with Gasteiger partial charge in [0.15, 0.2) is 5.16 Å². The fourth-order valence-electron chi connectivity index (χ4n) is 2.82. The highest BCUT2D eigenvalue weighted by atomic mass is 127. The van der Waals surface area contributed by atoms with Crippen LogP contribution in [0.3, 0.4) is 0 Å². The SMILES string of the molecule is CC(I)N1C(=O)S/C(=C\c2ccc(Sc3nc4ccccc4[nH]3)s2)C1C. The predicted octanol–water partition coefficient (Wildman–Crippen LogP) is 6.45. The Morgan fingerprint density at radius 1 is 1.35 bits per heavy atom. The number of benzene rings is 1. The van der Waals surface area contributed by atoms with Gasteiger partial charge >= 0.3 is 0 Å². The molecule has 2 aromatic heterocycles. The van der Waals surface area contributed by atoms with Crippen molar-refractivity contribution in [2.75, 3.05) is 0 Å². The summed E-state index contributed by atoms with van der Waals surface area (Å²) >= 11 is 6.99. The molecule has 0 aliphatic carbocycles. The zero-order valence-electron chi connectivity index (χ0n) is 14.1. The van der Waals surface area contributed by atoms with Gasteiger partial charge in [-0.05, 0) is 67.7 Å². The number of H-pyrrole nitrogens is 1. The molecule has 1 aliphatic rings. The Kier molecular flexibility index (Phi) is 5.36. The quantitative estimate of drug-likeness (QED) is 0.247. The van der Waals surface area contributed by atoms with Gasteiger partial charge in [0.1, 0.15) is 0 Å². The Bertz CT molecular complexity index is 961. The minimum Gasteiger partial charge on any atom is -0.333 e. The van der Waals surface area contributed by atoms with Crippen LogP contribution in [0.2, 0.25) is 0 Å². The Morgan fingerprint density at radius 3 is 2.88 bits per heavy atom. The Hall–Kier alpha value is -0.970. The second-order valence-corrected chi connectivity index (χ2v) is 11.1. The van der Waals surface area contributed by atoms with Crippen molar-refractivity contribution in [3.63, 3.8) is 0 Å². The Balaban J connectivity index is 1.52. The van der Waals surface area contributed by atoms with Crippen molar-refractivity contribution in [3.05, 3.63) is 46.2 Å². The highest BCUT2D eigenvalue weighted by molar-refractivity contribution is 14.1. The number of aromatic amines is 1. The van der Waals surface area contributed by atoms with E-state index in [1.807, 2.05) is 36.1 Å². The lowest BCUT2D eigenvalue weighted by atomic mass is 10.2. The smallest absolute Gasteiger partial charge is 0.287 e. The summed E-state index contributed by atoms with van der Waals surface area (Å²) in [4.78, 5) is 24.3. The lowest BCUT2D eigenvalue weighted by molar-refractivity contribution is 0.218. The first kappa shape index (κ1) is 18.4. The number of fused-ring (bicyclic) bond motifs is 1. The van der Waals surface area contributed by atoms with Gasteiger partial charge in [-0.2, -0.15) is 0 Å². The fraction of sp³-hybridized carbons (Fsp3) is 0.222. The Morgan fingerprint density at radius 2 is 2.15 bits per heavy atom. The summed E-state index contributed by atoms with van der Waals surface area (Å²) in [6.45, 7) is 4.14. The molecule has 4 nitrogen and oxygen atoms in total. The summed E-state index contributed by atoms with van der Waals surface area (Å²) in [6.07, 6.45) is 2.14. The van der Waals surface area contributed by atoms with Crippen LogP contribution in [0.4, 0.5) is 4.79 Å². The van der Waals surface area contributed by atoms with Crippen LogP contribution in [-0.4, -0.2) is 30.2 Å². The predicted molar refractivity (Wildman–Crippen MR) is 120 cm³/mol. The van der Waals surface area contributed by atoms with Crippen LogP contribution in [0.15, 0.2) is 50.7 Å². The summed E-state index contributed by atoms with van der Waals surface area (Å²) < 4.78 is 1.37. The number of aromatic nitrogens is 2. The van der Waals surface area contributed by atoms with E-state index in [1.165, 1.54) is 16.0 Å². The van der Waals surface area contributed by atoms with E-state index in [0.29, 0.717) is 0 Å². The van der Waals surface area contributed by atoms with Gasteiger partial charge in [-0.25, -0.2) is 4.98 Å². The van der Waals surface area contributed by atoms with E-state index >= 15 is 0 Å². The minimum absolute atomic E-state index is 0.132. The number of thioether (sulfide) groups is 1. The van der Waals surface area contributed by atoms with Crippen LogP contribution in [-0.2, 0) is 0 Å². The number of rotatable bonds is 4. The summed E-state index contributed by atoms with van der Waals surface area (Å²) in [5, 5.41) is 1.04. The summed E-state index contributed by atoms with van der Waals surface area (Å²) in [5.74, 6) is 0. The number of imidazole rings is 1. The molecule has 1 amide bonds. The summed E-state index contributed by atoms with van der Waals surface area (Å²) in [6, 6.07) is 12.4. The van der Waals surface area contributed by atoms with Gasteiger partial charge in [0.2, 0.25) is 0 Å². The number of amides is 1. The molecule has 1 saturated heterocycles. The van der Waals surface area contributed by atoms with Crippen LogP contribution in [0.25, 0.3) is 17.1 Å². The average molecular weight is 513 g/mol.